The maximum Gasteiger partial charge on any atom is 0.190 e. The zero-order valence-corrected chi connectivity index (χ0v) is 24.7. The van der Waals surface area contributed by atoms with Crippen LogP contribution in [0.4, 0.5) is 0 Å². The van der Waals surface area contributed by atoms with Crippen molar-refractivity contribution < 1.29 is 0 Å². The molecular formula is C35H31ClN4S. The minimum absolute atomic E-state index is 0.0226. The zero-order valence-electron chi connectivity index (χ0n) is 23.1. The largest absolute Gasteiger partial charge is 0.361 e. The van der Waals surface area contributed by atoms with Gasteiger partial charge in [0.15, 0.2) is 5.11 Å². The van der Waals surface area contributed by atoms with Crippen molar-refractivity contribution in [1.82, 2.24) is 15.3 Å². The van der Waals surface area contributed by atoms with Gasteiger partial charge in [0.25, 0.3) is 0 Å². The molecule has 41 heavy (non-hydrogen) atoms. The second-order valence-corrected chi connectivity index (χ2v) is 11.3. The van der Waals surface area contributed by atoms with Crippen LogP contribution in [-0.2, 0) is 6.42 Å². The van der Waals surface area contributed by atoms with E-state index in [4.69, 9.17) is 33.9 Å². The lowest BCUT2D eigenvalue weighted by atomic mass is 9.89. The SMILES string of the molecule is Cc1cccc(C2CC(c3c(C)nc4ccccc4c3-c3ccc(Cl)cc3)=NN2C(=S)NCCc2ccccc2)c1. The fourth-order valence-corrected chi connectivity index (χ4v) is 6.03. The van der Waals surface area contributed by atoms with Crippen LogP contribution in [0, 0.1) is 13.8 Å². The van der Waals surface area contributed by atoms with Crippen LogP contribution in [0.1, 0.15) is 40.4 Å². The molecule has 4 nitrogen and oxygen atoms in total. The van der Waals surface area contributed by atoms with Crippen molar-refractivity contribution in [1.29, 1.82) is 0 Å². The summed E-state index contributed by atoms with van der Waals surface area (Å²) in [6.45, 7) is 4.93. The molecule has 6 heteroatoms. The van der Waals surface area contributed by atoms with Gasteiger partial charge in [0.1, 0.15) is 0 Å². The third-order valence-corrected chi connectivity index (χ3v) is 8.16. The van der Waals surface area contributed by atoms with Gasteiger partial charge in [-0.25, -0.2) is 5.01 Å². The van der Waals surface area contributed by atoms with Gasteiger partial charge in [0, 0.05) is 40.2 Å². The third kappa shape index (κ3) is 5.74. The Morgan fingerprint density at radius 1 is 0.902 bits per heavy atom. The lowest BCUT2D eigenvalue weighted by Crippen LogP contribution is -2.37. The molecule has 5 aromatic rings. The van der Waals surface area contributed by atoms with Gasteiger partial charge in [-0.05, 0) is 67.4 Å². The number of aromatic nitrogens is 1. The van der Waals surface area contributed by atoms with Crippen molar-refractivity contribution in [3.8, 4) is 11.1 Å². The van der Waals surface area contributed by atoms with Crippen LogP contribution in [0.5, 0.6) is 0 Å². The number of halogens is 1. The Balaban J connectivity index is 1.42. The molecule has 204 valence electrons. The molecule has 0 saturated carbocycles. The third-order valence-electron chi connectivity index (χ3n) is 7.57. The number of pyridine rings is 1. The van der Waals surface area contributed by atoms with Crippen molar-refractivity contribution in [2.24, 2.45) is 5.10 Å². The highest BCUT2D eigenvalue weighted by atomic mass is 35.5. The van der Waals surface area contributed by atoms with Gasteiger partial charge in [0.05, 0.1) is 17.3 Å². The topological polar surface area (TPSA) is 40.5 Å². The van der Waals surface area contributed by atoms with Crippen molar-refractivity contribution >= 4 is 45.5 Å². The summed E-state index contributed by atoms with van der Waals surface area (Å²) in [5.41, 5.74) is 9.82. The first kappa shape index (κ1) is 27.1. The van der Waals surface area contributed by atoms with Gasteiger partial charge < -0.3 is 5.32 Å². The lowest BCUT2D eigenvalue weighted by Gasteiger charge is -2.25. The minimum atomic E-state index is -0.0226. The average molecular weight is 575 g/mol. The van der Waals surface area contributed by atoms with Crippen LogP contribution in [0.25, 0.3) is 22.0 Å². The van der Waals surface area contributed by atoms with Crippen LogP contribution >= 0.6 is 23.8 Å². The first-order valence-electron chi connectivity index (χ1n) is 13.9. The van der Waals surface area contributed by atoms with Gasteiger partial charge >= 0.3 is 0 Å². The summed E-state index contributed by atoms with van der Waals surface area (Å²) in [6.07, 6.45) is 1.60. The number of hydrogen-bond acceptors (Lipinski definition) is 3. The molecule has 0 saturated heterocycles. The van der Waals surface area contributed by atoms with Crippen LogP contribution < -0.4 is 5.32 Å². The van der Waals surface area contributed by atoms with Gasteiger partial charge in [-0.15, -0.1) is 0 Å². The standard InChI is InChI=1S/C35H31ClN4S/c1-23-9-8-12-27(21-23)32-22-31(39-40(32)35(41)37-20-19-25-10-4-3-5-11-25)33-24(2)38-30-14-7-6-13-29(30)34(33)26-15-17-28(36)18-16-26/h3-18,21,32H,19-20,22H2,1-2H3,(H,37,41). The van der Waals surface area contributed by atoms with E-state index in [-0.39, 0.29) is 6.04 Å². The smallest absolute Gasteiger partial charge is 0.190 e. The van der Waals surface area contributed by atoms with Crippen molar-refractivity contribution in [3.05, 3.63) is 136 Å². The fraction of sp³-hybridized carbons (Fsp3) is 0.171. The minimum Gasteiger partial charge on any atom is -0.361 e. The normalized spacial score (nSPS) is 14.8. The van der Waals surface area contributed by atoms with E-state index in [0.717, 1.165) is 52.0 Å². The molecule has 1 N–H and O–H groups in total. The highest BCUT2D eigenvalue weighted by Gasteiger charge is 2.33. The number of aryl methyl sites for hydroxylation is 2. The van der Waals surface area contributed by atoms with Crippen LogP contribution in [0.15, 0.2) is 108 Å². The lowest BCUT2D eigenvalue weighted by molar-refractivity contribution is 0.364. The fourth-order valence-electron chi connectivity index (χ4n) is 5.63. The van der Waals surface area contributed by atoms with Crippen molar-refractivity contribution in [2.75, 3.05) is 6.54 Å². The Bertz CT molecular complexity index is 1750. The van der Waals surface area contributed by atoms with Crippen LogP contribution in [0.3, 0.4) is 0 Å². The molecule has 6 rings (SSSR count). The van der Waals surface area contributed by atoms with E-state index in [0.29, 0.717) is 16.6 Å². The number of fused-ring (bicyclic) bond motifs is 1. The summed E-state index contributed by atoms with van der Waals surface area (Å²) in [6, 6.07) is 35.4. The Hall–Kier alpha value is -4.06. The quantitative estimate of drug-likeness (QED) is 0.207. The monoisotopic (exact) mass is 574 g/mol. The van der Waals surface area contributed by atoms with E-state index < -0.39 is 0 Å². The highest BCUT2D eigenvalue weighted by Crippen LogP contribution is 2.39. The number of nitrogens with zero attached hydrogens (tertiary/aromatic N) is 3. The molecule has 1 unspecified atom stereocenters. The number of nitrogens with one attached hydrogen (secondary N) is 1. The highest BCUT2D eigenvalue weighted by molar-refractivity contribution is 7.80. The second-order valence-electron chi connectivity index (χ2n) is 10.5. The van der Waals surface area contributed by atoms with Crippen LogP contribution in [0.2, 0.25) is 5.02 Å². The van der Waals surface area contributed by atoms with Gasteiger partial charge in [-0.1, -0.05) is 102 Å². The molecule has 4 aromatic carbocycles. The van der Waals surface area contributed by atoms with Crippen molar-refractivity contribution in [3.63, 3.8) is 0 Å². The number of thiocarbonyl (C=S) groups is 1. The Morgan fingerprint density at radius 2 is 1.66 bits per heavy atom. The number of rotatable bonds is 6. The van der Waals surface area contributed by atoms with Gasteiger partial charge in [-0.3, -0.25) is 4.98 Å². The van der Waals surface area contributed by atoms with Gasteiger partial charge in [-0.2, -0.15) is 5.10 Å². The van der Waals surface area contributed by atoms with E-state index in [1.807, 2.05) is 29.3 Å². The zero-order chi connectivity index (χ0) is 28.3. The van der Waals surface area contributed by atoms with E-state index in [9.17, 15) is 0 Å². The molecule has 2 heterocycles. The molecule has 1 atom stereocenters. The predicted octanol–water partition coefficient (Wildman–Crippen LogP) is 8.44. The predicted molar refractivity (Wildman–Crippen MR) is 175 cm³/mol. The van der Waals surface area contributed by atoms with Crippen molar-refractivity contribution in [2.45, 2.75) is 32.7 Å². The molecular weight excluding hydrogens is 544 g/mol. The molecule has 1 aromatic heterocycles. The Labute approximate surface area is 251 Å². The molecule has 0 aliphatic carbocycles. The molecule has 1 aliphatic heterocycles. The summed E-state index contributed by atoms with van der Waals surface area (Å²) in [5, 5.41) is 13.1. The summed E-state index contributed by atoms with van der Waals surface area (Å²) in [4.78, 5) is 5.01. The Morgan fingerprint density at radius 3 is 2.44 bits per heavy atom. The first-order valence-corrected chi connectivity index (χ1v) is 14.7. The number of hydrazone groups is 1. The number of benzene rings is 4. The molecule has 0 amide bonds. The second kappa shape index (κ2) is 11.8. The maximum atomic E-state index is 6.29. The summed E-state index contributed by atoms with van der Waals surface area (Å²) in [7, 11) is 0. The van der Waals surface area contributed by atoms with E-state index in [1.165, 1.54) is 16.7 Å². The Kier molecular flexibility index (Phi) is 7.82. The van der Waals surface area contributed by atoms with E-state index >= 15 is 0 Å². The molecule has 0 fully saturated rings. The molecule has 0 spiro atoms. The van der Waals surface area contributed by atoms with Crippen LogP contribution in [-0.4, -0.2) is 27.4 Å². The summed E-state index contributed by atoms with van der Waals surface area (Å²) in [5.74, 6) is 0. The summed E-state index contributed by atoms with van der Waals surface area (Å²) >= 11 is 12.3. The summed E-state index contributed by atoms with van der Waals surface area (Å²) < 4.78 is 0. The number of para-hydroxylation sites is 1. The average Bonchev–Trinajstić information content (AvgIpc) is 3.43. The maximum absolute atomic E-state index is 6.29. The molecule has 0 bridgehead atoms. The number of hydrogen-bond donors (Lipinski definition) is 1. The first-order chi connectivity index (χ1) is 20.0. The molecule has 0 radical (unpaired) electrons. The van der Waals surface area contributed by atoms with E-state index in [1.54, 1.807) is 0 Å². The molecule has 1 aliphatic rings. The van der Waals surface area contributed by atoms with E-state index in [2.05, 4.69) is 98.0 Å². The van der Waals surface area contributed by atoms with Gasteiger partial charge in [0.2, 0.25) is 0 Å².